The highest BCUT2D eigenvalue weighted by atomic mass is 35.5. The van der Waals surface area contributed by atoms with E-state index in [1.165, 1.54) is 6.92 Å². The van der Waals surface area contributed by atoms with E-state index in [0.717, 1.165) is 12.1 Å². The first-order valence-electron chi connectivity index (χ1n) is 5.01. The Morgan fingerprint density at radius 2 is 2.11 bits per heavy atom. The molecular formula is C10H10ClN3O5. The Morgan fingerprint density at radius 3 is 2.58 bits per heavy atom. The molecule has 0 saturated heterocycles. The van der Waals surface area contributed by atoms with Gasteiger partial charge in [-0.25, -0.2) is 0 Å². The van der Waals surface area contributed by atoms with Crippen molar-refractivity contribution in [2.45, 2.75) is 13.0 Å². The van der Waals surface area contributed by atoms with E-state index >= 15 is 0 Å². The number of nitrogens with one attached hydrogen (secondary N) is 1. The van der Waals surface area contributed by atoms with Crippen LogP contribution in [-0.2, 0) is 4.79 Å². The summed E-state index contributed by atoms with van der Waals surface area (Å²) >= 11 is 5.65. The highest BCUT2D eigenvalue weighted by Gasteiger charge is 2.23. The number of halogens is 1. The molecule has 0 aliphatic carbocycles. The van der Waals surface area contributed by atoms with Crippen LogP contribution in [0.25, 0.3) is 0 Å². The zero-order valence-electron chi connectivity index (χ0n) is 9.71. The number of anilines is 1. The first kappa shape index (κ1) is 14.7. The molecular weight excluding hydrogens is 278 g/mol. The number of benzene rings is 1. The molecule has 1 rings (SSSR count). The highest BCUT2D eigenvalue weighted by molar-refractivity contribution is 6.31. The van der Waals surface area contributed by atoms with Crippen molar-refractivity contribution in [1.82, 2.24) is 5.32 Å². The van der Waals surface area contributed by atoms with Gasteiger partial charge < -0.3 is 16.2 Å². The van der Waals surface area contributed by atoms with Gasteiger partial charge in [-0.15, -0.1) is 0 Å². The van der Waals surface area contributed by atoms with Crippen LogP contribution in [0.4, 0.5) is 11.4 Å². The minimum atomic E-state index is -1.25. The van der Waals surface area contributed by atoms with Gasteiger partial charge in [-0.3, -0.25) is 19.7 Å². The van der Waals surface area contributed by atoms with Gasteiger partial charge in [0.1, 0.15) is 11.7 Å². The lowest BCUT2D eigenvalue weighted by Gasteiger charge is -2.11. The van der Waals surface area contributed by atoms with E-state index in [4.69, 9.17) is 22.4 Å². The minimum absolute atomic E-state index is 0.0472. The Bertz CT molecular complexity index is 560. The van der Waals surface area contributed by atoms with E-state index in [-0.39, 0.29) is 16.3 Å². The van der Waals surface area contributed by atoms with Crippen LogP contribution in [0.15, 0.2) is 12.1 Å². The molecule has 4 N–H and O–H groups in total. The van der Waals surface area contributed by atoms with Crippen molar-refractivity contribution in [1.29, 1.82) is 0 Å². The summed E-state index contributed by atoms with van der Waals surface area (Å²) in [6.07, 6.45) is 0. The third kappa shape index (κ3) is 3.32. The standard InChI is InChI=1S/C10H10ClN3O5/c1-4(10(16)17)13-9(15)6-2-5(11)3-7(8(6)12)14(18)19/h2-4H,12H2,1H3,(H,13,15)(H,16,17)/t4-/m1/s1. The van der Waals surface area contributed by atoms with Gasteiger partial charge in [0.25, 0.3) is 11.6 Å². The van der Waals surface area contributed by atoms with Crippen molar-refractivity contribution in [3.05, 3.63) is 32.8 Å². The predicted molar refractivity (Wildman–Crippen MR) is 67.1 cm³/mol. The normalized spacial score (nSPS) is 11.7. The average molecular weight is 288 g/mol. The van der Waals surface area contributed by atoms with E-state index in [2.05, 4.69) is 5.32 Å². The zero-order chi connectivity index (χ0) is 14.7. The molecule has 0 fully saturated rings. The molecule has 9 heteroatoms. The summed E-state index contributed by atoms with van der Waals surface area (Å²) in [5, 5.41) is 21.5. The maximum Gasteiger partial charge on any atom is 0.325 e. The molecule has 0 unspecified atom stereocenters. The third-order valence-electron chi connectivity index (χ3n) is 2.28. The molecule has 102 valence electrons. The van der Waals surface area contributed by atoms with Crippen LogP contribution >= 0.6 is 11.6 Å². The third-order valence-corrected chi connectivity index (χ3v) is 2.50. The Labute approximate surface area is 112 Å². The number of hydrogen-bond acceptors (Lipinski definition) is 5. The molecule has 0 aliphatic heterocycles. The van der Waals surface area contributed by atoms with Crippen molar-refractivity contribution in [2.24, 2.45) is 0 Å². The Hall–Kier alpha value is -2.35. The molecule has 0 radical (unpaired) electrons. The maximum atomic E-state index is 11.8. The fraction of sp³-hybridized carbons (Fsp3) is 0.200. The second kappa shape index (κ2) is 5.53. The van der Waals surface area contributed by atoms with Crippen molar-refractivity contribution in [2.75, 3.05) is 5.73 Å². The second-order valence-corrected chi connectivity index (χ2v) is 4.11. The largest absolute Gasteiger partial charge is 0.480 e. The molecule has 1 amide bonds. The van der Waals surface area contributed by atoms with Gasteiger partial charge in [0.15, 0.2) is 0 Å². The van der Waals surface area contributed by atoms with Crippen LogP contribution in [0.5, 0.6) is 0 Å². The summed E-state index contributed by atoms with van der Waals surface area (Å²) in [6.45, 7) is 1.25. The van der Waals surface area contributed by atoms with Gasteiger partial charge in [-0.05, 0) is 13.0 Å². The number of nitrogens with zero attached hydrogens (tertiary/aromatic N) is 1. The summed E-state index contributed by atoms with van der Waals surface area (Å²) < 4.78 is 0. The lowest BCUT2D eigenvalue weighted by Crippen LogP contribution is -2.38. The van der Waals surface area contributed by atoms with Crippen LogP contribution in [0.1, 0.15) is 17.3 Å². The number of hydrogen-bond donors (Lipinski definition) is 3. The molecule has 0 heterocycles. The van der Waals surface area contributed by atoms with Crippen LogP contribution in [0.2, 0.25) is 5.02 Å². The topological polar surface area (TPSA) is 136 Å². The Kier molecular flexibility index (Phi) is 4.28. The summed E-state index contributed by atoms with van der Waals surface area (Å²) in [5.74, 6) is -2.10. The number of nitrogen functional groups attached to an aromatic ring is 1. The molecule has 1 aromatic carbocycles. The van der Waals surface area contributed by atoms with Gasteiger partial charge >= 0.3 is 5.97 Å². The molecule has 0 spiro atoms. The van der Waals surface area contributed by atoms with Crippen LogP contribution in [0.3, 0.4) is 0 Å². The average Bonchev–Trinajstić information content (AvgIpc) is 2.30. The minimum Gasteiger partial charge on any atom is -0.480 e. The fourth-order valence-corrected chi connectivity index (χ4v) is 1.49. The van der Waals surface area contributed by atoms with E-state index in [1.807, 2.05) is 0 Å². The number of carboxylic acid groups (broad SMARTS) is 1. The number of carbonyl (C=O) groups excluding carboxylic acids is 1. The summed E-state index contributed by atoms with van der Waals surface area (Å²) in [6, 6.07) is 0.979. The monoisotopic (exact) mass is 287 g/mol. The van der Waals surface area contributed by atoms with Crippen molar-refractivity contribution < 1.29 is 19.6 Å². The SMILES string of the molecule is C[C@@H](NC(=O)c1cc(Cl)cc([N+](=O)[O-])c1N)C(=O)O. The number of carboxylic acids is 1. The lowest BCUT2D eigenvalue weighted by molar-refractivity contribution is -0.383. The number of aliphatic carboxylic acids is 1. The van der Waals surface area contributed by atoms with Gasteiger partial charge in [0.2, 0.25) is 0 Å². The van der Waals surface area contributed by atoms with Gasteiger partial charge in [0.05, 0.1) is 10.5 Å². The summed E-state index contributed by atoms with van der Waals surface area (Å²) in [7, 11) is 0. The first-order valence-corrected chi connectivity index (χ1v) is 5.39. The zero-order valence-corrected chi connectivity index (χ0v) is 10.5. The van der Waals surface area contributed by atoms with E-state index in [0.29, 0.717) is 0 Å². The Balaban J connectivity index is 3.17. The first-order chi connectivity index (χ1) is 8.73. The summed E-state index contributed by atoms with van der Waals surface area (Å²) in [4.78, 5) is 32.3. The number of amides is 1. The van der Waals surface area contributed by atoms with Gasteiger partial charge in [0, 0.05) is 11.1 Å². The molecule has 8 nitrogen and oxygen atoms in total. The van der Waals surface area contributed by atoms with Gasteiger partial charge in [-0.2, -0.15) is 0 Å². The number of rotatable bonds is 4. The lowest BCUT2D eigenvalue weighted by atomic mass is 10.1. The molecule has 0 saturated carbocycles. The quantitative estimate of drug-likeness (QED) is 0.430. The van der Waals surface area contributed by atoms with Crippen molar-refractivity contribution >= 4 is 34.9 Å². The molecule has 19 heavy (non-hydrogen) atoms. The molecule has 0 bridgehead atoms. The fourth-order valence-electron chi connectivity index (χ4n) is 1.28. The number of nitro benzene ring substituents is 1. The van der Waals surface area contributed by atoms with E-state index in [9.17, 15) is 19.7 Å². The number of nitrogens with two attached hydrogens (primary N) is 1. The predicted octanol–water partition coefficient (Wildman–Crippen LogP) is 1.03. The summed E-state index contributed by atoms with van der Waals surface area (Å²) in [5.41, 5.74) is 4.37. The van der Waals surface area contributed by atoms with Gasteiger partial charge in [-0.1, -0.05) is 11.6 Å². The molecule has 0 aliphatic rings. The number of carbonyl (C=O) groups is 2. The van der Waals surface area contributed by atoms with E-state index < -0.39 is 28.5 Å². The maximum absolute atomic E-state index is 11.8. The highest BCUT2D eigenvalue weighted by Crippen LogP contribution is 2.29. The van der Waals surface area contributed by atoms with E-state index in [1.54, 1.807) is 0 Å². The van der Waals surface area contributed by atoms with Crippen LogP contribution in [0, 0.1) is 10.1 Å². The molecule has 1 aromatic rings. The Morgan fingerprint density at radius 1 is 1.53 bits per heavy atom. The number of nitro groups is 1. The molecule has 1 atom stereocenters. The smallest absolute Gasteiger partial charge is 0.325 e. The second-order valence-electron chi connectivity index (χ2n) is 3.68. The molecule has 0 aromatic heterocycles. The van der Waals surface area contributed by atoms with Crippen LogP contribution in [-0.4, -0.2) is 27.9 Å². The van der Waals surface area contributed by atoms with Crippen LogP contribution < -0.4 is 11.1 Å². The van der Waals surface area contributed by atoms with Crippen molar-refractivity contribution in [3.8, 4) is 0 Å². The van der Waals surface area contributed by atoms with Crippen molar-refractivity contribution in [3.63, 3.8) is 0 Å².